The summed E-state index contributed by atoms with van der Waals surface area (Å²) in [5.41, 5.74) is 0.628. The van der Waals surface area contributed by atoms with Crippen LogP contribution in [0, 0.1) is 0 Å². The van der Waals surface area contributed by atoms with E-state index >= 15 is 0 Å². The highest BCUT2D eigenvalue weighted by molar-refractivity contribution is 9.10. The topological polar surface area (TPSA) is 64.6 Å². The van der Waals surface area contributed by atoms with Crippen LogP contribution in [0.3, 0.4) is 0 Å². The first kappa shape index (κ1) is 19.0. The predicted octanol–water partition coefficient (Wildman–Crippen LogP) is 4.18. The molecule has 25 heavy (non-hydrogen) atoms. The van der Waals surface area contributed by atoms with Gasteiger partial charge >= 0.3 is 5.97 Å². The summed E-state index contributed by atoms with van der Waals surface area (Å²) >= 11 is 3.33. The first-order valence-corrected chi connectivity index (χ1v) is 8.77. The molecular weight excluding hydrogens is 386 g/mol. The second-order valence-electron chi connectivity index (χ2n) is 5.40. The minimum Gasteiger partial charge on any atom is -0.479 e. The van der Waals surface area contributed by atoms with E-state index < -0.39 is 24.1 Å². The molecule has 0 aliphatic carbocycles. The third-order valence-electron chi connectivity index (χ3n) is 3.43. The molecule has 0 aliphatic rings. The van der Waals surface area contributed by atoms with Gasteiger partial charge < -0.3 is 14.8 Å². The summed E-state index contributed by atoms with van der Waals surface area (Å²) < 4.78 is 11.8. The van der Waals surface area contributed by atoms with Gasteiger partial charge in [-0.05, 0) is 49.7 Å². The first-order chi connectivity index (χ1) is 12.0. The zero-order valence-corrected chi connectivity index (χ0v) is 15.7. The van der Waals surface area contributed by atoms with Gasteiger partial charge in [-0.15, -0.1) is 0 Å². The molecule has 0 aliphatic heterocycles. The molecule has 0 fully saturated rings. The summed E-state index contributed by atoms with van der Waals surface area (Å²) in [5.74, 6) is -0.381. The highest BCUT2D eigenvalue weighted by atomic mass is 79.9. The van der Waals surface area contributed by atoms with Crippen LogP contribution in [0.4, 0.5) is 5.69 Å². The maximum absolute atomic E-state index is 12.3. The molecule has 0 unspecified atom stereocenters. The second-order valence-corrected chi connectivity index (χ2v) is 6.32. The number of hydrogen-bond acceptors (Lipinski definition) is 4. The molecule has 2 rings (SSSR count). The van der Waals surface area contributed by atoms with Crippen LogP contribution in [0.25, 0.3) is 0 Å². The summed E-state index contributed by atoms with van der Waals surface area (Å²) in [5, 5.41) is 2.70. The fourth-order valence-electron chi connectivity index (χ4n) is 2.04. The van der Waals surface area contributed by atoms with Crippen molar-refractivity contribution in [3.8, 4) is 5.75 Å². The molecule has 0 heterocycles. The van der Waals surface area contributed by atoms with Crippen LogP contribution in [0.5, 0.6) is 5.75 Å². The number of carbonyl (C=O) groups excluding carboxylic acids is 2. The SMILES string of the molecule is CC[C@H](Oc1ccccc1)C(=O)O[C@H](C)C(=O)Nc1ccc(Br)cc1. The monoisotopic (exact) mass is 405 g/mol. The molecule has 2 atom stereocenters. The van der Waals surface area contributed by atoms with Gasteiger partial charge in [0.25, 0.3) is 5.91 Å². The quantitative estimate of drug-likeness (QED) is 0.701. The molecule has 0 saturated heterocycles. The number of benzene rings is 2. The Balaban J connectivity index is 1.90. The molecule has 6 heteroatoms. The minimum atomic E-state index is -0.926. The van der Waals surface area contributed by atoms with Crippen molar-refractivity contribution in [3.05, 3.63) is 59.1 Å². The highest BCUT2D eigenvalue weighted by Crippen LogP contribution is 2.16. The molecule has 1 N–H and O–H groups in total. The molecule has 2 aromatic carbocycles. The van der Waals surface area contributed by atoms with E-state index in [4.69, 9.17) is 9.47 Å². The molecule has 0 radical (unpaired) electrons. The highest BCUT2D eigenvalue weighted by Gasteiger charge is 2.25. The van der Waals surface area contributed by atoms with Crippen molar-refractivity contribution >= 4 is 33.5 Å². The van der Waals surface area contributed by atoms with E-state index in [1.54, 1.807) is 24.3 Å². The van der Waals surface area contributed by atoms with E-state index in [2.05, 4.69) is 21.2 Å². The van der Waals surface area contributed by atoms with Gasteiger partial charge in [0, 0.05) is 10.2 Å². The van der Waals surface area contributed by atoms with Crippen molar-refractivity contribution in [1.29, 1.82) is 0 Å². The summed E-state index contributed by atoms with van der Waals surface area (Å²) in [6, 6.07) is 16.2. The van der Waals surface area contributed by atoms with Gasteiger partial charge in [-0.2, -0.15) is 0 Å². The summed E-state index contributed by atoms with van der Waals surface area (Å²) in [6.45, 7) is 3.35. The molecule has 0 aromatic heterocycles. The normalized spacial score (nSPS) is 12.8. The standard InChI is InChI=1S/C19H20BrNO4/c1-3-17(25-16-7-5-4-6-8-16)19(23)24-13(2)18(22)21-15-11-9-14(20)10-12-15/h4-13,17H,3H2,1-2H3,(H,21,22)/t13-,17+/m1/s1. The molecule has 0 saturated carbocycles. The number of esters is 1. The number of nitrogens with one attached hydrogen (secondary N) is 1. The molecular formula is C19H20BrNO4. The Hall–Kier alpha value is -2.34. The van der Waals surface area contributed by atoms with E-state index in [9.17, 15) is 9.59 Å². The van der Waals surface area contributed by atoms with Crippen molar-refractivity contribution in [1.82, 2.24) is 0 Å². The van der Waals surface area contributed by atoms with Crippen molar-refractivity contribution in [2.45, 2.75) is 32.5 Å². The van der Waals surface area contributed by atoms with E-state index in [1.807, 2.05) is 37.3 Å². The fraction of sp³-hybridized carbons (Fsp3) is 0.263. The smallest absolute Gasteiger partial charge is 0.348 e. The minimum absolute atomic E-state index is 0.398. The first-order valence-electron chi connectivity index (χ1n) is 7.98. The Morgan fingerprint density at radius 1 is 1.08 bits per heavy atom. The third kappa shape index (κ3) is 5.90. The van der Waals surface area contributed by atoms with Gasteiger partial charge in [0.2, 0.25) is 0 Å². The van der Waals surface area contributed by atoms with Crippen LogP contribution in [0.1, 0.15) is 20.3 Å². The lowest BCUT2D eigenvalue weighted by molar-refractivity contribution is -0.160. The van der Waals surface area contributed by atoms with E-state index in [0.29, 0.717) is 17.9 Å². The Kier molecular flexibility index (Phi) is 7.01. The third-order valence-corrected chi connectivity index (χ3v) is 3.96. The lowest BCUT2D eigenvalue weighted by Gasteiger charge is -2.19. The maximum Gasteiger partial charge on any atom is 0.348 e. The Bertz CT molecular complexity index is 703. The largest absolute Gasteiger partial charge is 0.479 e. The predicted molar refractivity (Wildman–Crippen MR) is 99.5 cm³/mol. The van der Waals surface area contributed by atoms with E-state index in [1.165, 1.54) is 6.92 Å². The lowest BCUT2D eigenvalue weighted by Crippen LogP contribution is -2.36. The molecule has 0 spiro atoms. The number of ether oxygens (including phenoxy) is 2. The zero-order chi connectivity index (χ0) is 18.2. The number of hydrogen-bond donors (Lipinski definition) is 1. The van der Waals surface area contributed by atoms with Crippen LogP contribution in [0.2, 0.25) is 0 Å². The van der Waals surface area contributed by atoms with Gasteiger partial charge in [0.1, 0.15) is 5.75 Å². The number of halogens is 1. The van der Waals surface area contributed by atoms with Gasteiger partial charge in [-0.1, -0.05) is 41.1 Å². The van der Waals surface area contributed by atoms with Gasteiger partial charge in [-0.3, -0.25) is 4.79 Å². The number of para-hydroxylation sites is 1. The maximum atomic E-state index is 12.3. The van der Waals surface area contributed by atoms with Crippen molar-refractivity contribution in [2.75, 3.05) is 5.32 Å². The average molecular weight is 406 g/mol. The second kappa shape index (κ2) is 9.22. The zero-order valence-electron chi connectivity index (χ0n) is 14.1. The molecule has 5 nitrogen and oxygen atoms in total. The van der Waals surface area contributed by atoms with Crippen molar-refractivity contribution in [3.63, 3.8) is 0 Å². The van der Waals surface area contributed by atoms with Gasteiger partial charge in [0.15, 0.2) is 12.2 Å². The number of rotatable bonds is 7. The van der Waals surface area contributed by atoms with Crippen LogP contribution in [-0.2, 0) is 14.3 Å². The Morgan fingerprint density at radius 2 is 1.72 bits per heavy atom. The van der Waals surface area contributed by atoms with E-state index in [-0.39, 0.29) is 0 Å². The Labute approximate surface area is 155 Å². The molecule has 132 valence electrons. The molecule has 1 amide bonds. The lowest BCUT2D eigenvalue weighted by atomic mass is 10.2. The number of amides is 1. The van der Waals surface area contributed by atoms with Crippen LogP contribution in [-0.4, -0.2) is 24.1 Å². The van der Waals surface area contributed by atoms with Gasteiger partial charge in [0.05, 0.1) is 0 Å². The van der Waals surface area contributed by atoms with Crippen molar-refractivity contribution < 1.29 is 19.1 Å². The van der Waals surface area contributed by atoms with Crippen LogP contribution < -0.4 is 10.1 Å². The number of carbonyl (C=O) groups is 2. The fourth-order valence-corrected chi connectivity index (χ4v) is 2.31. The van der Waals surface area contributed by atoms with Crippen LogP contribution in [0.15, 0.2) is 59.1 Å². The number of anilines is 1. The Morgan fingerprint density at radius 3 is 2.32 bits per heavy atom. The van der Waals surface area contributed by atoms with E-state index in [0.717, 1.165) is 4.47 Å². The summed E-state index contributed by atoms with van der Waals surface area (Å²) in [4.78, 5) is 24.4. The summed E-state index contributed by atoms with van der Waals surface area (Å²) in [6.07, 6.45) is -1.25. The average Bonchev–Trinajstić information content (AvgIpc) is 2.62. The van der Waals surface area contributed by atoms with Crippen molar-refractivity contribution in [2.24, 2.45) is 0 Å². The molecule has 0 bridgehead atoms. The molecule has 2 aromatic rings. The summed E-state index contributed by atoms with van der Waals surface area (Å²) in [7, 11) is 0. The van der Waals surface area contributed by atoms with Crippen LogP contribution >= 0.6 is 15.9 Å². The van der Waals surface area contributed by atoms with Gasteiger partial charge in [-0.25, -0.2) is 4.79 Å².